The Kier molecular flexibility index (Phi) is 3.17. The fourth-order valence-corrected chi connectivity index (χ4v) is 2.15. The highest BCUT2D eigenvalue weighted by molar-refractivity contribution is 6.05. The summed E-state index contributed by atoms with van der Waals surface area (Å²) in [6.45, 7) is 1.98. The monoisotopic (exact) mass is 276 g/mol. The lowest BCUT2D eigenvalue weighted by molar-refractivity contribution is 0.0998. The maximum absolute atomic E-state index is 12.2. The van der Waals surface area contributed by atoms with Crippen LogP contribution in [-0.4, -0.2) is 5.91 Å². The minimum absolute atomic E-state index is 0.225. The Bertz CT molecular complexity index is 872. The molecule has 0 radical (unpaired) electrons. The van der Waals surface area contributed by atoms with Gasteiger partial charge in [0.1, 0.15) is 11.7 Å². The number of nitrogens with zero attached hydrogens (tertiary/aromatic N) is 1. The normalized spacial score (nSPS) is 10.3. The molecule has 3 rings (SSSR count). The van der Waals surface area contributed by atoms with Crippen molar-refractivity contribution in [3.05, 3.63) is 65.4 Å². The lowest BCUT2D eigenvalue weighted by Gasteiger charge is -2.04. The topological polar surface area (TPSA) is 66.0 Å². The average molecular weight is 276 g/mol. The number of hydrogen-bond acceptors (Lipinski definition) is 3. The molecule has 2 aromatic carbocycles. The first-order chi connectivity index (χ1) is 10.2. The second-order valence-corrected chi connectivity index (χ2v) is 4.76. The van der Waals surface area contributed by atoms with E-state index in [1.54, 1.807) is 30.3 Å². The van der Waals surface area contributed by atoms with Crippen molar-refractivity contribution in [2.75, 3.05) is 5.32 Å². The van der Waals surface area contributed by atoms with Crippen molar-refractivity contribution >= 4 is 22.6 Å². The minimum Gasteiger partial charge on any atom is -0.451 e. The van der Waals surface area contributed by atoms with Crippen LogP contribution in [0.1, 0.15) is 21.7 Å². The molecule has 0 atom stereocenters. The largest absolute Gasteiger partial charge is 0.451 e. The molecule has 0 aliphatic carbocycles. The Morgan fingerprint density at radius 2 is 2.00 bits per heavy atom. The summed E-state index contributed by atoms with van der Waals surface area (Å²) in [5, 5.41) is 12.6. The summed E-state index contributed by atoms with van der Waals surface area (Å²) >= 11 is 0. The molecule has 0 aliphatic rings. The van der Waals surface area contributed by atoms with Crippen LogP contribution in [0.25, 0.3) is 11.0 Å². The van der Waals surface area contributed by atoms with Crippen molar-refractivity contribution in [3.63, 3.8) is 0 Å². The molecule has 21 heavy (non-hydrogen) atoms. The summed E-state index contributed by atoms with van der Waals surface area (Å²) in [5.41, 5.74) is 2.66. The third-order valence-electron chi connectivity index (χ3n) is 3.19. The third kappa shape index (κ3) is 2.49. The molecule has 1 aromatic heterocycles. The number of carbonyl (C=O) groups excluding carboxylic acids is 1. The molecule has 3 aromatic rings. The van der Waals surface area contributed by atoms with Gasteiger partial charge in [-0.3, -0.25) is 4.79 Å². The van der Waals surface area contributed by atoms with Crippen LogP contribution >= 0.6 is 0 Å². The van der Waals surface area contributed by atoms with E-state index < -0.39 is 0 Å². The van der Waals surface area contributed by atoms with E-state index in [1.807, 2.05) is 31.2 Å². The summed E-state index contributed by atoms with van der Waals surface area (Å²) in [7, 11) is 0. The molecule has 0 saturated carbocycles. The van der Waals surface area contributed by atoms with Gasteiger partial charge < -0.3 is 9.73 Å². The van der Waals surface area contributed by atoms with Crippen LogP contribution in [0.15, 0.2) is 52.9 Å². The summed E-state index contributed by atoms with van der Waals surface area (Å²) in [6.07, 6.45) is 0. The molecule has 0 unspecified atom stereocenters. The summed E-state index contributed by atoms with van der Waals surface area (Å²) < 4.78 is 5.54. The van der Waals surface area contributed by atoms with Gasteiger partial charge in [0, 0.05) is 5.39 Å². The van der Waals surface area contributed by atoms with E-state index >= 15 is 0 Å². The molecule has 4 nitrogen and oxygen atoms in total. The van der Waals surface area contributed by atoms with Crippen LogP contribution in [0, 0.1) is 18.3 Å². The van der Waals surface area contributed by atoms with Crippen molar-refractivity contribution in [2.24, 2.45) is 0 Å². The van der Waals surface area contributed by atoms with Gasteiger partial charge in [-0.2, -0.15) is 5.26 Å². The van der Waals surface area contributed by atoms with Crippen molar-refractivity contribution in [3.8, 4) is 6.07 Å². The number of nitrogens with one attached hydrogen (secondary N) is 1. The number of amides is 1. The number of aryl methyl sites for hydroxylation is 1. The smallest absolute Gasteiger partial charge is 0.291 e. The van der Waals surface area contributed by atoms with Crippen LogP contribution < -0.4 is 5.32 Å². The number of benzene rings is 2. The van der Waals surface area contributed by atoms with E-state index in [0.717, 1.165) is 10.9 Å². The minimum atomic E-state index is -0.369. The van der Waals surface area contributed by atoms with E-state index in [0.29, 0.717) is 16.8 Å². The predicted octanol–water partition coefficient (Wildman–Crippen LogP) is 3.87. The molecule has 0 aliphatic heterocycles. The molecule has 0 bridgehead atoms. The Labute approximate surface area is 121 Å². The SMILES string of the molecule is Cc1ccc2oc(C(=O)Nc3ccccc3C#N)cc2c1. The molecular weight excluding hydrogens is 264 g/mol. The number of para-hydroxylation sites is 1. The van der Waals surface area contributed by atoms with E-state index in [-0.39, 0.29) is 11.7 Å². The first-order valence-electron chi connectivity index (χ1n) is 6.48. The second-order valence-electron chi connectivity index (χ2n) is 4.76. The standard InChI is InChI=1S/C17H12N2O2/c1-11-6-7-15-13(8-11)9-16(21-15)17(20)19-14-5-3-2-4-12(14)10-18/h2-9H,1H3,(H,19,20). The summed E-state index contributed by atoms with van der Waals surface area (Å²) in [4.78, 5) is 12.2. The second kappa shape index (κ2) is 5.14. The predicted molar refractivity (Wildman–Crippen MR) is 80.1 cm³/mol. The Morgan fingerprint density at radius 3 is 2.81 bits per heavy atom. The highest BCUT2D eigenvalue weighted by Crippen LogP contribution is 2.22. The first kappa shape index (κ1) is 12.9. The quantitative estimate of drug-likeness (QED) is 0.772. The maximum atomic E-state index is 12.2. The van der Waals surface area contributed by atoms with Crippen LogP contribution in [-0.2, 0) is 0 Å². The van der Waals surface area contributed by atoms with E-state index in [1.165, 1.54) is 0 Å². The highest BCUT2D eigenvalue weighted by Gasteiger charge is 2.14. The van der Waals surface area contributed by atoms with Crippen LogP contribution in [0.5, 0.6) is 0 Å². The van der Waals surface area contributed by atoms with Crippen molar-refractivity contribution in [2.45, 2.75) is 6.92 Å². The zero-order chi connectivity index (χ0) is 14.8. The average Bonchev–Trinajstić information content (AvgIpc) is 2.91. The van der Waals surface area contributed by atoms with Crippen LogP contribution in [0.4, 0.5) is 5.69 Å². The number of furan rings is 1. The van der Waals surface area contributed by atoms with Gasteiger partial charge in [-0.25, -0.2) is 0 Å². The van der Waals surface area contributed by atoms with E-state index in [4.69, 9.17) is 9.68 Å². The Hall–Kier alpha value is -3.06. The van der Waals surface area contributed by atoms with Crippen molar-refractivity contribution in [1.29, 1.82) is 5.26 Å². The van der Waals surface area contributed by atoms with Gasteiger partial charge in [0.15, 0.2) is 5.76 Å². The highest BCUT2D eigenvalue weighted by atomic mass is 16.3. The zero-order valence-electron chi connectivity index (χ0n) is 11.4. The fourth-order valence-electron chi connectivity index (χ4n) is 2.15. The molecule has 4 heteroatoms. The Morgan fingerprint density at radius 1 is 1.19 bits per heavy atom. The molecule has 0 spiro atoms. The number of nitriles is 1. The Balaban J connectivity index is 1.92. The molecule has 1 amide bonds. The van der Waals surface area contributed by atoms with Crippen LogP contribution in [0.2, 0.25) is 0 Å². The molecule has 102 valence electrons. The summed E-state index contributed by atoms with van der Waals surface area (Å²) in [5.74, 6) is -0.144. The molecule has 1 heterocycles. The maximum Gasteiger partial charge on any atom is 0.291 e. The van der Waals surface area contributed by atoms with E-state index in [2.05, 4.69) is 5.32 Å². The van der Waals surface area contributed by atoms with Crippen LogP contribution in [0.3, 0.4) is 0 Å². The van der Waals surface area contributed by atoms with E-state index in [9.17, 15) is 4.79 Å². The van der Waals surface area contributed by atoms with Gasteiger partial charge >= 0.3 is 0 Å². The van der Waals surface area contributed by atoms with Gasteiger partial charge in [0.25, 0.3) is 5.91 Å². The molecule has 0 saturated heterocycles. The lowest BCUT2D eigenvalue weighted by Crippen LogP contribution is -2.11. The van der Waals surface area contributed by atoms with Gasteiger partial charge in [-0.1, -0.05) is 23.8 Å². The van der Waals surface area contributed by atoms with Gasteiger partial charge in [0.05, 0.1) is 11.3 Å². The van der Waals surface area contributed by atoms with Gasteiger partial charge in [-0.15, -0.1) is 0 Å². The number of anilines is 1. The van der Waals surface area contributed by atoms with Gasteiger partial charge in [0.2, 0.25) is 0 Å². The summed E-state index contributed by atoms with van der Waals surface area (Å²) in [6, 6.07) is 16.3. The fraction of sp³-hybridized carbons (Fsp3) is 0.0588. The molecule has 1 N–H and O–H groups in total. The first-order valence-corrected chi connectivity index (χ1v) is 6.48. The molecule has 0 fully saturated rings. The zero-order valence-corrected chi connectivity index (χ0v) is 11.4. The lowest BCUT2D eigenvalue weighted by atomic mass is 10.2. The van der Waals surface area contributed by atoms with Crippen molar-refractivity contribution in [1.82, 2.24) is 0 Å². The number of rotatable bonds is 2. The number of hydrogen-bond donors (Lipinski definition) is 1. The number of fused-ring (bicyclic) bond motifs is 1. The molecular formula is C17H12N2O2. The number of carbonyl (C=O) groups is 1. The van der Waals surface area contributed by atoms with Crippen molar-refractivity contribution < 1.29 is 9.21 Å². The van der Waals surface area contributed by atoms with Gasteiger partial charge in [-0.05, 0) is 37.3 Å². The third-order valence-corrected chi connectivity index (χ3v) is 3.19.